The van der Waals surface area contributed by atoms with Crippen molar-refractivity contribution in [1.29, 1.82) is 0 Å². The molecule has 2 rings (SSSR count). The van der Waals surface area contributed by atoms with Gasteiger partial charge in [-0.3, -0.25) is 14.2 Å². The molecular weight excluding hydrogens is 370 g/mol. The Morgan fingerprint density at radius 2 is 1.96 bits per heavy atom. The molecule has 0 fully saturated rings. The van der Waals surface area contributed by atoms with Gasteiger partial charge in [0.05, 0.1) is 11.6 Å². The molecular formula is C13H14Cl2F3N5O. The molecule has 0 unspecified atom stereocenters. The van der Waals surface area contributed by atoms with Gasteiger partial charge in [0.1, 0.15) is 10.7 Å². The highest BCUT2D eigenvalue weighted by Gasteiger charge is 2.40. The van der Waals surface area contributed by atoms with E-state index < -0.39 is 28.5 Å². The van der Waals surface area contributed by atoms with E-state index in [4.69, 9.17) is 23.2 Å². The molecule has 0 bridgehead atoms. The fraction of sp³-hybridized carbons (Fsp3) is 0.462. The summed E-state index contributed by atoms with van der Waals surface area (Å²) in [5, 5.41) is 7.41. The number of hydrogen-bond donors (Lipinski definition) is 0. The van der Waals surface area contributed by atoms with Crippen LogP contribution in [0.2, 0.25) is 10.0 Å². The molecule has 2 heterocycles. The van der Waals surface area contributed by atoms with E-state index in [0.717, 1.165) is 11.9 Å². The molecule has 2 aromatic rings. The second-order valence-corrected chi connectivity index (χ2v) is 5.86. The van der Waals surface area contributed by atoms with Gasteiger partial charge >= 0.3 is 6.18 Å². The number of amides is 1. The minimum absolute atomic E-state index is 0.0128. The standard InChI is InChI=1S/C13H14Cl2F3N5O/c1-4-23-5-7(14)8(19-23)6-21(2)12(24)10-9(15)11(13(16,17)18)22(3)20-10/h5H,4,6H2,1-3H3. The summed E-state index contributed by atoms with van der Waals surface area (Å²) in [5.74, 6) is -0.756. The normalized spacial score (nSPS) is 11.8. The van der Waals surface area contributed by atoms with Crippen molar-refractivity contribution >= 4 is 29.1 Å². The molecule has 0 saturated carbocycles. The average molecular weight is 384 g/mol. The van der Waals surface area contributed by atoms with Crippen LogP contribution in [-0.4, -0.2) is 37.4 Å². The molecule has 0 aliphatic carbocycles. The number of aryl methyl sites for hydroxylation is 2. The summed E-state index contributed by atoms with van der Waals surface area (Å²) in [5.41, 5.74) is -1.22. The number of alkyl halides is 3. The van der Waals surface area contributed by atoms with Gasteiger partial charge in [-0.05, 0) is 6.92 Å². The summed E-state index contributed by atoms with van der Waals surface area (Å²) < 4.78 is 40.9. The van der Waals surface area contributed by atoms with Gasteiger partial charge in [-0.2, -0.15) is 23.4 Å². The predicted octanol–water partition coefficient (Wildman–Crippen LogP) is 3.23. The molecule has 0 radical (unpaired) electrons. The van der Waals surface area contributed by atoms with Gasteiger partial charge in [0, 0.05) is 26.8 Å². The predicted molar refractivity (Wildman–Crippen MR) is 81.9 cm³/mol. The van der Waals surface area contributed by atoms with E-state index in [2.05, 4.69) is 10.2 Å². The number of rotatable bonds is 4. The minimum atomic E-state index is -4.71. The molecule has 132 valence electrons. The Morgan fingerprint density at radius 3 is 2.42 bits per heavy atom. The summed E-state index contributed by atoms with van der Waals surface area (Å²) in [6.45, 7) is 2.48. The lowest BCUT2D eigenvalue weighted by Crippen LogP contribution is -2.27. The lowest BCUT2D eigenvalue weighted by Gasteiger charge is -2.15. The molecule has 6 nitrogen and oxygen atoms in total. The molecule has 1 amide bonds. The van der Waals surface area contributed by atoms with E-state index in [0.29, 0.717) is 21.9 Å². The monoisotopic (exact) mass is 383 g/mol. The topological polar surface area (TPSA) is 56.0 Å². The van der Waals surface area contributed by atoms with Gasteiger partial charge < -0.3 is 4.90 Å². The summed E-state index contributed by atoms with van der Waals surface area (Å²) in [7, 11) is 2.48. The van der Waals surface area contributed by atoms with Crippen LogP contribution in [0, 0.1) is 0 Å². The first-order valence-corrected chi connectivity index (χ1v) is 7.58. The van der Waals surface area contributed by atoms with Crippen molar-refractivity contribution in [3.8, 4) is 0 Å². The van der Waals surface area contributed by atoms with Crippen molar-refractivity contribution in [2.45, 2.75) is 26.2 Å². The first-order chi connectivity index (χ1) is 11.1. The summed E-state index contributed by atoms with van der Waals surface area (Å²) in [6, 6.07) is 0. The number of carbonyl (C=O) groups is 1. The van der Waals surface area contributed by atoms with Gasteiger partial charge in [0.2, 0.25) is 0 Å². The highest BCUT2D eigenvalue weighted by molar-refractivity contribution is 6.34. The number of aromatic nitrogens is 4. The first kappa shape index (κ1) is 18.6. The third-order valence-corrected chi connectivity index (χ3v) is 3.98. The molecule has 0 saturated heterocycles. The van der Waals surface area contributed by atoms with Gasteiger partial charge in [-0.25, -0.2) is 0 Å². The van der Waals surface area contributed by atoms with Crippen LogP contribution >= 0.6 is 23.2 Å². The maximum atomic E-state index is 12.9. The Balaban J connectivity index is 2.27. The van der Waals surface area contributed by atoms with E-state index >= 15 is 0 Å². The van der Waals surface area contributed by atoms with Crippen LogP contribution in [0.4, 0.5) is 13.2 Å². The van der Waals surface area contributed by atoms with Crippen LogP contribution < -0.4 is 0 Å². The highest BCUT2D eigenvalue weighted by atomic mass is 35.5. The van der Waals surface area contributed by atoms with Crippen LogP contribution in [0.5, 0.6) is 0 Å². The molecule has 0 spiro atoms. The largest absolute Gasteiger partial charge is 0.434 e. The van der Waals surface area contributed by atoms with E-state index in [1.165, 1.54) is 7.05 Å². The Hall–Kier alpha value is -1.74. The van der Waals surface area contributed by atoms with Crippen molar-refractivity contribution in [3.63, 3.8) is 0 Å². The van der Waals surface area contributed by atoms with Crippen LogP contribution in [0.3, 0.4) is 0 Å². The smallest absolute Gasteiger partial charge is 0.334 e. The van der Waals surface area contributed by atoms with E-state index in [1.54, 1.807) is 10.9 Å². The van der Waals surface area contributed by atoms with Gasteiger partial charge in [-0.15, -0.1) is 0 Å². The fourth-order valence-electron chi connectivity index (χ4n) is 2.13. The zero-order valence-electron chi connectivity index (χ0n) is 13.0. The Bertz CT molecular complexity index is 768. The average Bonchev–Trinajstić information content (AvgIpc) is 2.97. The molecule has 0 aromatic carbocycles. The van der Waals surface area contributed by atoms with Crippen molar-refractivity contribution < 1.29 is 18.0 Å². The lowest BCUT2D eigenvalue weighted by atomic mass is 10.3. The van der Waals surface area contributed by atoms with Crippen molar-refractivity contribution in [3.05, 3.63) is 33.3 Å². The SMILES string of the molecule is CCn1cc(Cl)c(CN(C)C(=O)c2nn(C)c(C(F)(F)F)c2Cl)n1. The quantitative estimate of drug-likeness (QED) is 0.814. The van der Waals surface area contributed by atoms with Crippen LogP contribution in [0.1, 0.15) is 28.8 Å². The Morgan fingerprint density at radius 1 is 1.33 bits per heavy atom. The summed E-state index contributed by atoms with van der Waals surface area (Å²) in [4.78, 5) is 13.5. The number of carbonyl (C=O) groups excluding carboxylic acids is 1. The highest BCUT2D eigenvalue weighted by Crippen LogP contribution is 2.36. The fourth-order valence-corrected chi connectivity index (χ4v) is 2.68. The second-order valence-electron chi connectivity index (χ2n) is 5.07. The molecule has 0 N–H and O–H groups in total. The molecule has 0 aliphatic heterocycles. The van der Waals surface area contributed by atoms with Crippen LogP contribution in [-0.2, 0) is 26.3 Å². The van der Waals surface area contributed by atoms with Crippen LogP contribution in [0.25, 0.3) is 0 Å². The molecule has 2 aromatic heterocycles. The van der Waals surface area contributed by atoms with Gasteiger partial charge in [0.15, 0.2) is 11.4 Å². The van der Waals surface area contributed by atoms with Crippen LogP contribution in [0.15, 0.2) is 6.20 Å². The Kier molecular flexibility index (Phi) is 5.14. The molecule has 11 heteroatoms. The Labute approximate surface area is 145 Å². The van der Waals surface area contributed by atoms with Crippen molar-refractivity contribution in [2.24, 2.45) is 7.05 Å². The van der Waals surface area contributed by atoms with Crippen molar-refractivity contribution in [1.82, 2.24) is 24.5 Å². The van der Waals surface area contributed by atoms with Gasteiger partial charge in [-0.1, -0.05) is 23.2 Å². The number of hydrogen-bond acceptors (Lipinski definition) is 3. The van der Waals surface area contributed by atoms with Gasteiger partial charge in [0.25, 0.3) is 5.91 Å². The summed E-state index contributed by atoms with van der Waals surface area (Å²) in [6.07, 6.45) is -3.11. The molecule has 0 atom stereocenters. The maximum Gasteiger partial charge on any atom is 0.434 e. The van der Waals surface area contributed by atoms with E-state index in [9.17, 15) is 18.0 Å². The third-order valence-electron chi connectivity index (χ3n) is 3.31. The summed E-state index contributed by atoms with van der Waals surface area (Å²) >= 11 is 11.7. The second kappa shape index (κ2) is 6.64. The number of halogens is 5. The zero-order valence-corrected chi connectivity index (χ0v) is 14.5. The maximum absolute atomic E-state index is 12.9. The minimum Gasteiger partial charge on any atom is -0.334 e. The van der Waals surface area contributed by atoms with Crippen molar-refractivity contribution in [2.75, 3.05) is 7.05 Å². The lowest BCUT2D eigenvalue weighted by molar-refractivity contribution is -0.143. The zero-order chi connectivity index (χ0) is 18.2. The molecule has 24 heavy (non-hydrogen) atoms. The van der Waals surface area contributed by atoms with E-state index in [1.807, 2.05) is 6.92 Å². The number of nitrogens with zero attached hydrogens (tertiary/aromatic N) is 5. The molecule has 0 aliphatic rings. The van der Waals surface area contributed by atoms with E-state index in [-0.39, 0.29) is 6.54 Å². The third kappa shape index (κ3) is 3.51. The first-order valence-electron chi connectivity index (χ1n) is 6.83.